The van der Waals surface area contributed by atoms with E-state index in [0.717, 1.165) is 68.0 Å². The number of anilines is 1. The van der Waals surface area contributed by atoms with Gasteiger partial charge in [-0.25, -0.2) is 15.0 Å². The van der Waals surface area contributed by atoms with Gasteiger partial charge in [-0.05, 0) is 13.8 Å². The quantitative estimate of drug-likeness (QED) is 0.787. The van der Waals surface area contributed by atoms with Crippen LogP contribution in [0.15, 0.2) is 6.07 Å². The van der Waals surface area contributed by atoms with Crippen molar-refractivity contribution in [1.82, 2.24) is 24.8 Å². The Bertz CT molecular complexity index is 805. The molecule has 0 radical (unpaired) electrons. The normalized spacial score (nSPS) is 15.6. The monoisotopic (exact) mass is 370 g/mol. The highest BCUT2D eigenvalue weighted by Gasteiger charge is 2.20. The van der Waals surface area contributed by atoms with Crippen LogP contribution in [-0.4, -0.2) is 63.3 Å². The van der Waals surface area contributed by atoms with Crippen LogP contribution >= 0.6 is 0 Å². The summed E-state index contributed by atoms with van der Waals surface area (Å²) >= 11 is 0. The first-order valence-electron chi connectivity index (χ1n) is 9.72. The molecule has 7 nitrogen and oxygen atoms in total. The fourth-order valence-electron chi connectivity index (χ4n) is 3.44. The van der Waals surface area contributed by atoms with Gasteiger partial charge in [0.15, 0.2) is 5.78 Å². The molecular weight excluding hydrogens is 340 g/mol. The zero-order valence-electron chi connectivity index (χ0n) is 17.0. The standard InChI is InChI=1S/C20H30N6O/c1-13(2)20-21-14(3)12-18(24-20)26-10-8-25(9-11-26)7-6-17-22-15(4)19(23-17)16(5)27/h12-13H,6-11H2,1-5H3,(H,22,23). The molecule has 1 N–H and O–H groups in total. The molecular formula is C20H30N6O. The number of nitrogens with one attached hydrogen (secondary N) is 1. The van der Waals surface area contributed by atoms with E-state index in [9.17, 15) is 4.79 Å². The molecule has 146 valence electrons. The Hall–Kier alpha value is -2.28. The lowest BCUT2D eigenvalue weighted by atomic mass is 10.2. The third-order valence-electron chi connectivity index (χ3n) is 5.00. The molecule has 2 aromatic heterocycles. The molecule has 0 spiro atoms. The van der Waals surface area contributed by atoms with Crippen molar-refractivity contribution in [3.05, 3.63) is 34.8 Å². The van der Waals surface area contributed by atoms with Crippen LogP contribution in [-0.2, 0) is 6.42 Å². The maximum Gasteiger partial charge on any atom is 0.179 e. The molecule has 2 aromatic rings. The van der Waals surface area contributed by atoms with E-state index < -0.39 is 0 Å². The number of ketones is 1. The molecule has 27 heavy (non-hydrogen) atoms. The topological polar surface area (TPSA) is 78.0 Å². The van der Waals surface area contributed by atoms with Gasteiger partial charge in [-0.2, -0.15) is 0 Å². The van der Waals surface area contributed by atoms with Crippen LogP contribution in [0.2, 0.25) is 0 Å². The summed E-state index contributed by atoms with van der Waals surface area (Å²) in [4.78, 5) is 33.3. The summed E-state index contributed by atoms with van der Waals surface area (Å²) in [6, 6.07) is 2.08. The number of aromatic nitrogens is 4. The van der Waals surface area contributed by atoms with E-state index in [1.807, 2.05) is 13.8 Å². The van der Waals surface area contributed by atoms with Crippen molar-refractivity contribution < 1.29 is 4.79 Å². The Balaban J connectivity index is 1.55. The zero-order chi connectivity index (χ0) is 19.6. The van der Waals surface area contributed by atoms with E-state index in [1.165, 1.54) is 0 Å². The third-order valence-corrected chi connectivity index (χ3v) is 5.00. The molecule has 0 bridgehead atoms. The molecule has 0 aliphatic carbocycles. The Kier molecular flexibility index (Phi) is 5.89. The predicted octanol–water partition coefficient (Wildman–Crippen LogP) is 2.51. The number of piperazine rings is 1. The Morgan fingerprint density at radius 2 is 1.85 bits per heavy atom. The second kappa shape index (κ2) is 8.17. The van der Waals surface area contributed by atoms with Crippen molar-refractivity contribution in [2.24, 2.45) is 0 Å². The molecule has 0 amide bonds. The molecule has 1 aliphatic rings. The summed E-state index contributed by atoms with van der Waals surface area (Å²) in [6.45, 7) is 14.6. The fourth-order valence-corrected chi connectivity index (χ4v) is 3.44. The SMILES string of the molecule is CC(=O)c1nc(CCN2CCN(c3cc(C)nc(C(C)C)n3)CC2)[nH]c1C. The number of carbonyl (C=O) groups excluding carboxylic acids is 1. The molecule has 3 rings (SSSR count). The average molecular weight is 371 g/mol. The highest BCUT2D eigenvalue weighted by atomic mass is 16.1. The molecule has 1 fully saturated rings. The smallest absolute Gasteiger partial charge is 0.179 e. The summed E-state index contributed by atoms with van der Waals surface area (Å²) in [5.74, 6) is 3.21. The van der Waals surface area contributed by atoms with E-state index in [0.29, 0.717) is 11.6 Å². The third kappa shape index (κ3) is 4.71. The van der Waals surface area contributed by atoms with Crippen molar-refractivity contribution in [3.63, 3.8) is 0 Å². The number of imidazole rings is 1. The van der Waals surface area contributed by atoms with Crippen LogP contribution in [0.25, 0.3) is 0 Å². The van der Waals surface area contributed by atoms with Gasteiger partial charge in [-0.15, -0.1) is 0 Å². The zero-order valence-corrected chi connectivity index (χ0v) is 17.0. The lowest BCUT2D eigenvalue weighted by Crippen LogP contribution is -2.47. The van der Waals surface area contributed by atoms with Gasteiger partial charge in [0.2, 0.25) is 0 Å². The first-order valence-corrected chi connectivity index (χ1v) is 9.72. The number of hydrogen-bond acceptors (Lipinski definition) is 6. The largest absolute Gasteiger partial charge is 0.354 e. The van der Waals surface area contributed by atoms with E-state index in [4.69, 9.17) is 4.98 Å². The van der Waals surface area contributed by atoms with Crippen LogP contribution in [0, 0.1) is 13.8 Å². The first-order chi connectivity index (χ1) is 12.8. The molecule has 7 heteroatoms. The van der Waals surface area contributed by atoms with Gasteiger partial charge in [-0.3, -0.25) is 9.69 Å². The lowest BCUT2D eigenvalue weighted by Gasteiger charge is -2.35. The lowest BCUT2D eigenvalue weighted by molar-refractivity contribution is 0.101. The maximum atomic E-state index is 11.5. The second-order valence-electron chi connectivity index (χ2n) is 7.67. The minimum Gasteiger partial charge on any atom is -0.354 e. The predicted molar refractivity (Wildman–Crippen MR) is 107 cm³/mol. The Morgan fingerprint density at radius 3 is 2.44 bits per heavy atom. The number of aryl methyl sites for hydroxylation is 2. The number of rotatable bonds is 6. The van der Waals surface area contributed by atoms with Gasteiger partial charge in [0.25, 0.3) is 0 Å². The molecule has 0 aromatic carbocycles. The summed E-state index contributed by atoms with van der Waals surface area (Å²) in [5.41, 5.74) is 2.46. The first kappa shape index (κ1) is 19.5. The molecule has 0 unspecified atom stereocenters. The highest BCUT2D eigenvalue weighted by Crippen LogP contribution is 2.19. The van der Waals surface area contributed by atoms with E-state index in [-0.39, 0.29) is 5.78 Å². The molecule has 3 heterocycles. The number of aromatic amines is 1. The van der Waals surface area contributed by atoms with Crippen molar-refractivity contribution in [2.45, 2.75) is 47.0 Å². The number of H-pyrrole nitrogens is 1. The summed E-state index contributed by atoms with van der Waals surface area (Å²) in [5, 5.41) is 0. The minimum absolute atomic E-state index is 0.0181. The van der Waals surface area contributed by atoms with Gasteiger partial charge in [0.05, 0.1) is 0 Å². The van der Waals surface area contributed by atoms with Crippen molar-refractivity contribution in [1.29, 1.82) is 0 Å². The van der Waals surface area contributed by atoms with Gasteiger partial charge in [0.1, 0.15) is 23.2 Å². The number of nitrogens with zero attached hydrogens (tertiary/aromatic N) is 5. The Morgan fingerprint density at radius 1 is 1.15 bits per heavy atom. The van der Waals surface area contributed by atoms with Crippen LogP contribution in [0.1, 0.15) is 60.2 Å². The van der Waals surface area contributed by atoms with E-state index in [2.05, 4.69) is 44.7 Å². The Labute approximate surface area is 161 Å². The van der Waals surface area contributed by atoms with Crippen LogP contribution in [0.4, 0.5) is 5.82 Å². The number of Topliss-reactive ketones (excluding diaryl/α,β-unsaturated/α-hetero) is 1. The molecule has 1 saturated heterocycles. The average Bonchev–Trinajstić information content (AvgIpc) is 3.01. The minimum atomic E-state index is 0.0181. The molecule has 0 atom stereocenters. The van der Waals surface area contributed by atoms with Gasteiger partial charge < -0.3 is 9.88 Å². The van der Waals surface area contributed by atoms with Crippen LogP contribution < -0.4 is 4.90 Å². The van der Waals surface area contributed by atoms with Crippen molar-refractivity contribution in [2.75, 3.05) is 37.6 Å². The number of carbonyl (C=O) groups is 1. The van der Waals surface area contributed by atoms with E-state index >= 15 is 0 Å². The van der Waals surface area contributed by atoms with Crippen molar-refractivity contribution >= 4 is 11.6 Å². The van der Waals surface area contributed by atoms with Gasteiger partial charge in [-0.1, -0.05) is 13.8 Å². The fraction of sp³-hybridized carbons (Fsp3) is 0.600. The highest BCUT2D eigenvalue weighted by molar-refractivity contribution is 5.93. The maximum absolute atomic E-state index is 11.5. The van der Waals surface area contributed by atoms with Crippen molar-refractivity contribution in [3.8, 4) is 0 Å². The van der Waals surface area contributed by atoms with Gasteiger partial charge >= 0.3 is 0 Å². The summed E-state index contributed by atoms with van der Waals surface area (Å²) < 4.78 is 0. The van der Waals surface area contributed by atoms with Crippen LogP contribution in [0.3, 0.4) is 0 Å². The number of hydrogen-bond donors (Lipinski definition) is 1. The van der Waals surface area contributed by atoms with Crippen LogP contribution in [0.5, 0.6) is 0 Å². The van der Waals surface area contributed by atoms with E-state index in [1.54, 1.807) is 6.92 Å². The molecule has 0 saturated carbocycles. The van der Waals surface area contributed by atoms with Gasteiger partial charge in [0, 0.05) is 69.4 Å². The second-order valence-corrected chi connectivity index (χ2v) is 7.67. The molecule has 1 aliphatic heterocycles. The summed E-state index contributed by atoms with van der Waals surface area (Å²) in [7, 11) is 0. The summed E-state index contributed by atoms with van der Waals surface area (Å²) in [6.07, 6.45) is 0.832.